The molecule has 0 radical (unpaired) electrons. The number of carboxylic acid groups (broad SMARTS) is 1. The molecular weight excluding hydrogens is 300 g/mol. The molecule has 0 saturated heterocycles. The largest absolute Gasteiger partial charge is 0.485 e. The van der Waals surface area contributed by atoms with E-state index in [0.717, 1.165) is 0 Å². The molecule has 2 rings (SSSR count). The zero-order chi connectivity index (χ0) is 16.8. The smallest absolute Gasteiger partial charge is 0.303 e. The lowest BCUT2D eigenvalue weighted by atomic mass is 9.90. The first-order chi connectivity index (χ1) is 11.0. The maximum atomic E-state index is 11.8. The van der Waals surface area contributed by atoms with Crippen molar-refractivity contribution in [1.29, 1.82) is 0 Å². The summed E-state index contributed by atoms with van der Waals surface area (Å²) in [4.78, 5) is 22.7. The van der Waals surface area contributed by atoms with Crippen LogP contribution in [0.2, 0.25) is 0 Å². The molecule has 1 aliphatic carbocycles. The highest BCUT2D eigenvalue weighted by atomic mass is 16.5. The molecular formula is C17H20O6. The second-order valence-corrected chi connectivity index (χ2v) is 5.64. The number of aliphatic hydroxyl groups excluding tert-OH is 2. The Morgan fingerprint density at radius 3 is 2.52 bits per heavy atom. The van der Waals surface area contributed by atoms with Crippen molar-refractivity contribution >= 4 is 11.8 Å². The molecule has 0 amide bonds. The van der Waals surface area contributed by atoms with Gasteiger partial charge in [-0.15, -0.1) is 0 Å². The van der Waals surface area contributed by atoms with Gasteiger partial charge in [0.15, 0.2) is 12.4 Å². The molecule has 0 aliphatic heterocycles. The SMILES string of the molecule is O=C(O)C[C@H]1[C@H](C=CC(=O)COc2ccccc2)[C@@H](O)C[C@H]1O. The number of aliphatic hydroxyl groups is 2. The third kappa shape index (κ3) is 4.91. The average Bonchev–Trinajstić information content (AvgIpc) is 2.77. The molecule has 124 valence electrons. The highest BCUT2D eigenvalue weighted by molar-refractivity contribution is 5.91. The summed E-state index contributed by atoms with van der Waals surface area (Å²) in [6.07, 6.45) is 0.887. The molecule has 6 heteroatoms. The van der Waals surface area contributed by atoms with Crippen molar-refractivity contribution in [3.63, 3.8) is 0 Å². The number of para-hydroxylation sites is 1. The number of hydrogen-bond donors (Lipinski definition) is 3. The number of rotatable bonds is 7. The standard InChI is InChI=1S/C17H20O6/c18-11(10-23-12-4-2-1-3-5-12)6-7-13-14(8-17(21)22)16(20)9-15(13)19/h1-7,13-16,19-20H,8-10H2,(H,21,22)/t13-,14-,15-,16+/m0/s1. The third-order valence-corrected chi connectivity index (χ3v) is 3.95. The van der Waals surface area contributed by atoms with Crippen LogP contribution in [-0.4, -0.2) is 45.9 Å². The molecule has 1 aromatic rings. The van der Waals surface area contributed by atoms with E-state index in [4.69, 9.17) is 9.84 Å². The van der Waals surface area contributed by atoms with Crippen molar-refractivity contribution in [3.05, 3.63) is 42.5 Å². The van der Waals surface area contributed by atoms with Crippen molar-refractivity contribution < 1.29 is 29.6 Å². The first-order valence-corrected chi connectivity index (χ1v) is 7.44. The van der Waals surface area contributed by atoms with Crippen LogP contribution in [0.4, 0.5) is 0 Å². The predicted molar refractivity (Wildman–Crippen MR) is 81.9 cm³/mol. The van der Waals surface area contributed by atoms with Crippen LogP contribution in [0.15, 0.2) is 42.5 Å². The Morgan fingerprint density at radius 2 is 1.87 bits per heavy atom. The fourth-order valence-electron chi connectivity index (χ4n) is 2.80. The maximum absolute atomic E-state index is 11.8. The summed E-state index contributed by atoms with van der Waals surface area (Å²) in [5, 5.41) is 28.6. The van der Waals surface area contributed by atoms with E-state index >= 15 is 0 Å². The molecule has 0 heterocycles. The first-order valence-electron chi connectivity index (χ1n) is 7.44. The van der Waals surface area contributed by atoms with Crippen LogP contribution in [0.5, 0.6) is 5.75 Å². The van der Waals surface area contributed by atoms with Crippen molar-refractivity contribution in [3.8, 4) is 5.75 Å². The highest BCUT2D eigenvalue weighted by Crippen LogP contribution is 2.35. The zero-order valence-electron chi connectivity index (χ0n) is 12.5. The van der Waals surface area contributed by atoms with Gasteiger partial charge in [0.25, 0.3) is 0 Å². The molecule has 0 unspecified atom stereocenters. The van der Waals surface area contributed by atoms with Gasteiger partial charge in [-0.3, -0.25) is 9.59 Å². The molecule has 4 atom stereocenters. The molecule has 0 aromatic heterocycles. The minimum atomic E-state index is -1.04. The van der Waals surface area contributed by atoms with Gasteiger partial charge >= 0.3 is 5.97 Å². The van der Waals surface area contributed by atoms with Crippen LogP contribution in [-0.2, 0) is 9.59 Å². The summed E-state index contributed by atoms with van der Waals surface area (Å²) in [5.74, 6) is -1.91. The first kappa shape index (κ1) is 17.2. The summed E-state index contributed by atoms with van der Waals surface area (Å²) < 4.78 is 5.32. The number of carbonyl (C=O) groups is 2. The second kappa shape index (κ2) is 7.89. The quantitative estimate of drug-likeness (QED) is 0.648. The van der Waals surface area contributed by atoms with Gasteiger partial charge < -0.3 is 20.1 Å². The third-order valence-electron chi connectivity index (χ3n) is 3.95. The molecule has 6 nitrogen and oxygen atoms in total. The summed E-state index contributed by atoms with van der Waals surface area (Å²) in [5.41, 5.74) is 0. The van der Waals surface area contributed by atoms with E-state index < -0.39 is 30.0 Å². The van der Waals surface area contributed by atoms with Crippen molar-refractivity contribution in [2.75, 3.05) is 6.61 Å². The topological polar surface area (TPSA) is 104 Å². The lowest BCUT2D eigenvalue weighted by Gasteiger charge is -2.18. The van der Waals surface area contributed by atoms with E-state index in [9.17, 15) is 19.8 Å². The fraction of sp³-hybridized carbons (Fsp3) is 0.412. The molecule has 1 saturated carbocycles. The number of carboxylic acids is 1. The average molecular weight is 320 g/mol. The van der Waals surface area contributed by atoms with Crippen LogP contribution >= 0.6 is 0 Å². The van der Waals surface area contributed by atoms with Gasteiger partial charge in [0, 0.05) is 18.3 Å². The number of carbonyl (C=O) groups excluding carboxylic acids is 1. The number of hydrogen-bond acceptors (Lipinski definition) is 5. The van der Waals surface area contributed by atoms with Crippen LogP contribution in [0.3, 0.4) is 0 Å². The highest BCUT2D eigenvalue weighted by Gasteiger charge is 2.41. The lowest BCUT2D eigenvalue weighted by molar-refractivity contribution is -0.139. The lowest BCUT2D eigenvalue weighted by Crippen LogP contribution is -2.23. The summed E-state index contributed by atoms with van der Waals surface area (Å²) >= 11 is 0. The van der Waals surface area contributed by atoms with Gasteiger partial charge in [0.1, 0.15) is 5.75 Å². The number of aliphatic carboxylic acids is 1. The minimum absolute atomic E-state index is 0.113. The molecule has 3 N–H and O–H groups in total. The predicted octanol–water partition coefficient (Wildman–Crippen LogP) is 1.02. The molecule has 23 heavy (non-hydrogen) atoms. The van der Waals surface area contributed by atoms with Crippen molar-refractivity contribution in [2.24, 2.45) is 11.8 Å². The van der Waals surface area contributed by atoms with Crippen LogP contribution < -0.4 is 4.74 Å². The normalized spacial score (nSPS) is 27.2. The summed E-state index contributed by atoms with van der Waals surface area (Å²) in [6.45, 7) is -0.143. The Labute approximate surface area is 134 Å². The molecule has 1 aliphatic rings. The Balaban J connectivity index is 1.91. The van der Waals surface area contributed by atoms with Gasteiger partial charge in [-0.2, -0.15) is 0 Å². The number of ketones is 1. The van der Waals surface area contributed by atoms with Crippen LogP contribution in [0, 0.1) is 11.8 Å². The molecule has 1 aromatic carbocycles. The van der Waals surface area contributed by atoms with E-state index in [1.165, 1.54) is 12.2 Å². The van der Waals surface area contributed by atoms with Gasteiger partial charge in [-0.25, -0.2) is 0 Å². The van der Waals surface area contributed by atoms with Gasteiger partial charge in [0.05, 0.1) is 18.6 Å². The minimum Gasteiger partial charge on any atom is -0.485 e. The number of ether oxygens (including phenoxy) is 1. The molecule has 0 spiro atoms. The number of benzene rings is 1. The van der Waals surface area contributed by atoms with E-state index in [-0.39, 0.29) is 25.2 Å². The Morgan fingerprint density at radius 1 is 1.17 bits per heavy atom. The van der Waals surface area contributed by atoms with E-state index in [2.05, 4.69) is 0 Å². The van der Waals surface area contributed by atoms with Crippen molar-refractivity contribution in [2.45, 2.75) is 25.0 Å². The van der Waals surface area contributed by atoms with E-state index in [1.807, 2.05) is 6.07 Å². The fourth-order valence-corrected chi connectivity index (χ4v) is 2.80. The van der Waals surface area contributed by atoms with E-state index in [1.54, 1.807) is 24.3 Å². The van der Waals surface area contributed by atoms with E-state index in [0.29, 0.717) is 5.75 Å². The summed E-state index contributed by atoms with van der Waals surface area (Å²) in [6, 6.07) is 8.89. The Hall–Kier alpha value is -2.18. The second-order valence-electron chi connectivity index (χ2n) is 5.64. The van der Waals surface area contributed by atoms with Crippen molar-refractivity contribution in [1.82, 2.24) is 0 Å². The van der Waals surface area contributed by atoms with Gasteiger partial charge in [-0.05, 0) is 18.2 Å². The molecule has 0 bridgehead atoms. The summed E-state index contributed by atoms with van der Waals surface area (Å²) in [7, 11) is 0. The molecule has 1 fully saturated rings. The Bertz CT molecular complexity index is 568. The van der Waals surface area contributed by atoms with Gasteiger partial charge in [-0.1, -0.05) is 24.3 Å². The van der Waals surface area contributed by atoms with Crippen LogP contribution in [0.1, 0.15) is 12.8 Å². The van der Waals surface area contributed by atoms with Gasteiger partial charge in [0.2, 0.25) is 0 Å². The van der Waals surface area contributed by atoms with Crippen LogP contribution in [0.25, 0.3) is 0 Å². The Kier molecular flexibility index (Phi) is 5.90. The monoisotopic (exact) mass is 320 g/mol. The maximum Gasteiger partial charge on any atom is 0.303 e. The zero-order valence-corrected chi connectivity index (χ0v) is 12.5.